The molecule has 0 bridgehead atoms. The monoisotopic (exact) mass is 242 g/mol. The number of anilines is 1. The number of nitrogens with one attached hydrogen (secondary N) is 1. The molecule has 0 spiro atoms. The number of aromatic nitrogens is 1. The van der Waals surface area contributed by atoms with Gasteiger partial charge in [-0.05, 0) is 38.1 Å². The van der Waals surface area contributed by atoms with Gasteiger partial charge >= 0.3 is 0 Å². The molecule has 1 amide bonds. The van der Waals surface area contributed by atoms with Crippen molar-refractivity contribution >= 4 is 11.6 Å². The number of carbonyl (C=O) groups excluding carboxylic acids is 1. The summed E-state index contributed by atoms with van der Waals surface area (Å²) < 4.78 is 0. The highest BCUT2D eigenvalue weighted by Gasteiger charge is 2.11. The Bertz CT molecular complexity index is 594. The molecule has 0 aliphatic rings. The van der Waals surface area contributed by atoms with Crippen LogP contribution in [0.4, 0.5) is 5.69 Å². The van der Waals surface area contributed by atoms with E-state index < -0.39 is 0 Å². The third-order valence-corrected chi connectivity index (χ3v) is 2.80. The van der Waals surface area contributed by atoms with Gasteiger partial charge in [-0.2, -0.15) is 0 Å². The maximum Gasteiger partial charge on any atom is 0.257 e. The summed E-state index contributed by atoms with van der Waals surface area (Å²) in [4.78, 5) is 16.1. The second-order valence-corrected chi connectivity index (χ2v) is 4.04. The van der Waals surface area contributed by atoms with Crippen LogP contribution in [0, 0.1) is 13.8 Å². The van der Waals surface area contributed by atoms with Gasteiger partial charge in [-0.1, -0.05) is 6.07 Å². The van der Waals surface area contributed by atoms with Crippen LogP contribution < -0.4 is 5.32 Å². The van der Waals surface area contributed by atoms with Gasteiger partial charge in [0.2, 0.25) is 0 Å². The normalized spacial score (nSPS) is 10.1. The molecule has 0 atom stereocenters. The second-order valence-electron chi connectivity index (χ2n) is 4.04. The zero-order valence-electron chi connectivity index (χ0n) is 10.3. The maximum atomic E-state index is 12.1. The molecule has 0 fully saturated rings. The number of nitrogens with zero attached hydrogens (tertiary/aromatic N) is 1. The van der Waals surface area contributed by atoms with Crippen molar-refractivity contribution in [1.29, 1.82) is 0 Å². The van der Waals surface area contributed by atoms with E-state index in [0.717, 1.165) is 0 Å². The smallest absolute Gasteiger partial charge is 0.257 e. The highest BCUT2D eigenvalue weighted by Crippen LogP contribution is 2.24. The topological polar surface area (TPSA) is 62.2 Å². The molecule has 0 aliphatic carbocycles. The van der Waals surface area contributed by atoms with Crippen LogP contribution >= 0.6 is 0 Å². The van der Waals surface area contributed by atoms with E-state index in [-0.39, 0.29) is 11.7 Å². The van der Waals surface area contributed by atoms with Crippen LogP contribution in [-0.4, -0.2) is 16.0 Å². The standard InChI is InChI=1S/C14H14N2O2/c1-9-12(6-3-7-13(9)17)16-14(18)11-5-4-8-15-10(11)2/h3-8,17H,1-2H3,(H,16,18). The van der Waals surface area contributed by atoms with Crippen LogP contribution in [0.1, 0.15) is 21.6 Å². The SMILES string of the molecule is Cc1ncccc1C(=O)Nc1cccc(O)c1C. The third-order valence-electron chi connectivity index (χ3n) is 2.80. The van der Waals surface area contributed by atoms with E-state index in [2.05, 4.69) is 10.3 Å². The maximum absolute atomic E-state index is 12.1. The Balaban J connectivity index is 2.27. The summed E-state index contributed by atoms with van der Waals surface area (Å²) in [5.74, 6) is -0.0648. The van der Waals surface area contributed by atoms with Crippen molar-refractivity contribution in [3.05, 3.63) is 53.3 Å². The fraction of sp³-hybridized carbons (Fsp3) is 0.143. The van der Waals surface area contributed by atoms with E-state index in [1.54, 1.807) is 50.4 Å². The Morgan fingerprint density at radius 2 is 2.00 bits per heavy atom. The van der Waals surface area contributed by atoms with Crippen molar-refractivity contribution in [2.45, 2.75) is 13.8 Å². The summed E-state index contributed by atoms with van der Waals surface area (Å²) in [7, 11) is 0. The third kappa shape index (κ3) is 2.32. The van der Waals surface area contributed by atoms with Crippen molar-refractivity contribution in [1.82, 2.24) is 4.98 Å². The van der Waals surface area contributed by atoms with Gasteiger partial charge in [0.1, 0.15) is 5.75 Å². The van der Waals surface area contributed by atoms with E-state index in [1.165, 1.54) is 0 Å². The molecule has 1 aromatic carbocycles. The van der Waals surface area contributed by atoms with E-state index in [1.807, 2.05) is 0 Å². The van der Waals surface area contributed by atoms with Crippen molar-refractivity contribution in [3.63, 3.8) is 0 Å². The molecule has 0 radical (unpaired) electrons. The number of phenolic OH excluding ortho intramolecular Hbond substituents is 1. The quantitative estimate of drug-likeness (QED) is 0.851. The summed E-state index contributed by atoms with van der Waals surface area (Å²) in [6.07, 6.45) is 1.64. The van der Waals surface area contributed by atoms with Crippen molar-refractivity contribution < 1.29 is 9.90 Å². The summed E-state index contributed by atoms with van der Waals surface area (Å²) in [5.41, 5.74) is 2.45. The van der Waals surface area contributed by atoms with Crippen molar-refractivity contribution in [3.8, 4) is 5.75 Å². The fourth-order valence-electron chi connectivity index (χ4n) is 1.67. The first-order valence-corrected chi connectivity index (χ1v) is 5.61. The largest absolute Gasteiger partial charge is 0.508 e. The number of benzene rings is 1. The highest BCUT2D eigenvalue weighted by atomic mass is 16.3. The van der Waals surface area contributed by atoms with Gasteiger partial charge in [0, 0.05) is 23.1 Å². The van der Waals surface area contributed by atoms with E-state index in [4.69, 9.17) is 0 Å². The molecule has 1 aromatic heterocycles. The van der Waals surface area contributed by atoms with Crippen LogP contribution in [-0.2, 0) is 0 Å². The molecule has 4 heteroatoms. The van der Waals surface area contributed by atoms with Crippen molar-refractivity contribution in [2.24, 2.45) is 0 Å². The minimum Gasteiger partial charge on any atom is -0.508 e. The summed E-state index contributed by atoms with van der Waals surface area (Å²) in [6, 6.07) is 8.46. The molecule has 1 heterocycles. The molecule has 18 heavy (non-hydrogen) atoms. The summed E-state index contributed by atoms with van der Waals surface area (Å²) in [6.45, 7) is 3.53. The lowest BCUT2D eigenvalue weighted by atomic mass is 10.1. The number of amides is 1. The number of hydrogen-bond acceptors (Lipinski definition) is 3. The summed E-state index contributed by atoms with van der Waals surface area (Å²) in [5, 5.41) is 12.3. The van der Waals surface area contributed by atoms with Crippen LogP contribution in [0.3, 0.4) is 0 Å². The number of pyridine rings is 1. The zero-order valence-corrected chi connectivity index (χ0v) is 10.3. The molecule has 0 saturated heterocycles. The van der Waals surface area contributed by atoms with E-state index in [0.29, 0.717) is 22.5 Å². The fourth-order valence-corrected chi connectivity index (χ4v) is 1.67. The van der Waals surface area contributed by atoms with Gasteiger partial charge in [-0.3, -0.25) is 9.78 Å². The lowest BCUT2D eigenvalue weighted by Gasteiger charge is -2.10. The molecule has 2 aromatic rings. The van der Waals surface area contributed by atoms with Crippen molar-refractivity contribution in [2.75, 3.05) is 5.32 Å². The first-order valence-electron chi connectivity index (χ1n) is 5.61. The number of aryl methyl sites for hydroxylation is 1. The Labute approximate surface area is 105 Å². The van der Waals surface area contributed by atoms with Gasteiger partial charge in [0.15, 0.2) is 0 Å². The van der Waals surface area contributed by atoms with Crippen LogP contribution in [0.15, 0.2) is 36.5 Å². The lowest BCUT2D eigenvalue weighted by molar-refractivity contribution is 0.102. The predicted octanol–water partition coefficient (Wildman–Crippen LogP) is 2.66. The molecule has 0 saturated carbocycles. The average molecular weight is 242 g/mol. The predicted molar refractivity (Wildman–Crippen MR) is 69.8 cm³/mol. The van der Waals surface area contributed by atoms with Gasteiger partial charge < -0.3 is 10.4 Å². The molecule has 0 unspecified atom stereocenters. The van der Waals surface area contributed by atoms with Crippen LogP contribution in [0.5, 0.6) is 5.75 Å². The number of hydrogen-bond donors (Lipinski definition) is 2. The minimum absolute atomic E-state index is 0.163. The van der Waals surface area contributed by atoms with Gasteiger partial charge in [0.25, 0.3) is 5.91 Å². The van der Waals surface area contributed by atoms with Gasteiger partial charge in [-0.15, -0.1) is 0 Å². The minimum atomic E-state index is -0.228. The number of rotatable bonds is 2. The average Bonchev–Trinajstić information content (AvgIpc) is 2.35. The molecular formula is C14H14N2O2. The highest BCUT2D eigenvalue weighted by molar-refractivity contribution is 6.05. The first kappa shape index (κ1) is 12.1. The Morgan fingerprint density at radius 3 is 2.72 bits per heavy atom. The van der Waals surface area contributed by atoms with Crippen LogP contribution in [0.25, 0.3) is 0 Å². The molecule has 0 aliphatic heterocycles. The Morgan fingerprint density at radius 1 is 1.22 bits per heavy atom. The number of phenols is 1. The summed E-state index contributed by atoms with van der Waals surface area (Å²) >= 11 is 0. The van der Waals surface area contributed by atoms with Crippen LogP contribution in [0.2, 0.25) is 0 Å². The lowest BCUT2D eigenvalue weighted by Crippen LogP contribution is -2.14. The van der Waals surface area contributed by atoms with E-state index >= 15 is 0 Å². The van der Waals surface area contributed by atoms with E-state index in [9.17, 15) is 9.90 Å². The first-order chi connectivity index (χ1) is 8.59. The molecule has 92 valence electrons. The van der Waals surface area contributed by atoms with Gasteiger partial charge in [0.05, 0.1) is 5.56 Å². The molecular weight excluding hydrogens is 228 g/mol. The second kappa shape index (κ2) is 4.87. The Hall–Kier alpha value is -2.36. The number of aromatic hydroxyl groups is 1. The number of carbonyl (C=O) groups is 1. The molecule has 4 nitrogen and oxygen atoms in total. The zero-order chi connectivity index (χ0) is 13.1. The van der Waals surface area contributed by atoms with Gasteiger partial charge in [-0.25, -0.2) is 0 Å². The Kier molecular flexibility index (Phi) is 3.28. The molecule has 2 N–H and O–H groups in total. The molecule has 2 rings (SSSR count).